The second-order valence-corrected chi connectivity index (χ2v) is 6.94. The lowest BCUT2D eigenvalue weighted by Crippen LogP contribution is -2.51. The molecule has 0 unspecified atom stereocenters. The molecule has 1 aromatic carbocycles. The zero-order valence-electron chi connectivity index (χ0n) is 14.9. The second kappa shape index (κ2) is 8.30. The molecule has 2 heterocycles. The summed E-state index contributed by atoms with van der Waals surface area (Å²) < 4.78 is 0. The van der Waals surface area contributed by atoms with E-state index in [1.54, 1.807) is 4.90 Å². The molecule has 1 aromatic rings. The highest BCUT2D eigenvalue weighted by Gasteiger charge is 2.32. The van der Waals surface area contributed by atoms with Crippen molar-refractivity contribution in [1.82, 2.24) is 14.7 Å². The molecule has 2 aliphatic heterocycles. The molecule has 0 saturated carbocycles. The maximum absolute atomic E-state index is 12.6. The van der Waals surface area contributed by atoms with Crippen molar-refractivity contribution in [3.05, 3.63) is 42.0 Å². The van der Waals surface area contributed by atoms with E-state index >= 15 is 0 Å². The maximum Gasteiger partial charge on any atom is 0.226 e. The molecule has 0 aliphatic carbocycles. The highest BCUT2D eigenvalue weighted by atomic mass is 16.2. The molecule has 1 atom stereocenters. The van der Waals surface area contributed by atoms with Gasteiger partial charge in [0.05, 0.1) is 0 Å². The Bertz CT molecular complexity index is 621. The summed E-state index contributed by atoms with van der Waals surface area (Å²) in [6, 6.07) is 10.3. The van der Waals surface area contributed by atoms with Crippen LogP contribution in [-0.2, 0) is 9.59 Å². The third-order valence-electron chi connectivity index (χ3n) is 5.17. The Kier molecular flexibility index (Phi) is 5.87. The Labute approximate surface area is 149 Å². The first-order chi connectivity index (χ1) is 12.1. The normalized spacial score (nSPS) is 22.6. The lowest BCUT2D eigenvalue weighted by molar-refractivity contribution is -0.145. The van der Waals surface area contributed by atoms with Gasteiger partial charge in [-0.2, -0.15) is 0 Å². The summed E-state index contributed by atoms with van der Waals surface area (Å²) in [5.74, 6) is 0.142. The van der Waals surface area contributed by atoms with Crippen LogP contribution in [0.25, 0.3) is 6.08 Å². The quantitative estimate of drug-likeness (QED) is 0.837. The van der Waals surface area contributed by atoms with Gasteiger partial charge in [0.15, 0.2) is 0 Å². The van der Waals surface area contributed by atoms with Crippen LogP contribution in [0.1, 0.15) is 18.4 Å². The van der Waals surface area contributed by atoms with Gasteiger partial charge in [0.25, 0.3) is 0 Å². The molecule has 0 spiro atoms. The molecule has 0 N–H and O–H groups in total. The van der Waals surface area contributed by atoms with E-state index in [1.165, 1.54) is 5.56 Å². The van der Waals surface area contributed by atoms with E-state index in [0.717, 1.165) is 39.1 Å². The lowest BCUT2D eigenvalue weighted by atomic mass is 9.94. The van der Waals surface area contributed by atoms with Crippen LogP contribution in [0.3, 0.4) is 0 Å². The van der Waals surface area contributed by atoms with Crippen molar-refractivity contribution in [1.29, 1.82) is 0 Å². The minimum atomic E-state index is -0.117. The van der Waals surface area contributed by atoms with Gasteiger partial charge in [-0.05, 0) is 12.0 Å². The van der Waals surface area contributed by atoms with Crippen LogP contribution in [0.4, 0.5) is 0 Å². The third-order valence-corrected chi connectivity index (χ3v) is 5.17. The Morgan fingerprint density at radius 2 is 1.84 bits per heavy atom. The fourth-order valence-electron chi connectivity index (χ4n) is 3.46. The van der Waals surface area contributed by atoms with Crippen molar-refractivity contribution in [2.24, 2.45) is 5.92 Å². The van der Waals surface area contributed by atoms with E-state index in [9.17, 15) is 9.59 Å². The van der Waals surface area contributed by atoms with Crippen LogP contribution in [0, 0.1) is 5.92 Å². The molecule has 2 fully saturated rings. The van der Waals surface area contributed by atoms with Crippen LogP contribution in [-0.4, -0.2) is 72.8 Å². The fraction of sp³-hybridized carbons (Fsp3) is 0.500. The van der Waals surface area contributed by atoms with Crippen LogP contribution in [0.2, 0.25) is 0 Å². The first-order valence-electron chi connectivity index (χ1n) is 9.10. The second-order valence-electron chi connectivity index (χ2n) is 6.94. The van der Waals surface area contributed by atoms with Crippen molar-refractivity contribution >= 4 is 17.9 Å². The lowest BCUT2D eigenvalue weighted by Gasteiger charge is -2.37. The van der Waals surface area contributed by atoms with Gasteiger partial charge in [0.2, 0.25) is 11.8 Å². The number of piperazine rings is 1. The smallest absolute Gasteiger partial charge is 0.226 e. The number of hydrogen-bond donors (Lipinski definition) is 0. The van der Waals surface area contributed by atoms with E-state index in [2.05, 4.69) is 29.2 Å². The van der Waals surface area contributed by atoms with Gasteiger partial charge in [-0.1, -0.05) is 42.5 Å². The van der Waals surface area contributed by atoms with E-state index in [1.807, 2.05) is 30.1 Å². The molecule has 2 aliphatic rings. The fourth-order valence-corrected chi connectivity index (χ4v) is 3.46. The standard InChI is InChI=1S/C20H27N3O2/c1-21-11-9-18(16-19(21)24)20(25)23-14-12-22(13-15-23)10-5-8-17-6-3-2-4-7-17/h2-8,18H,9-16H2,1H3/b8-5+/t18-/m0/s1. The van der Waals surface area contributed by atoms with Gasteiger partial charge in [0.1, 0.15) is 0 Å². The van der Waals surface area contributed by atoms with Crippen LogP contribution < -0.4 is 0 Å². The van der Waals surface area contributed by atoms with Crippen LogP contribution in [0.15, 0.2) is 36.4 Å². The minimum Gasteiger partial charge on any atom is -0.346 e. The number of carbonyl (C=O) groups excluding carboxylic acids is 2. The van der Waals surface area contributed by atoms with Crippen molar-refractivity contribution in [3.63, 3.8) is 0 Å². The molecule has 0 aromatic heterocycles. The first-order valence-corrected chi connectivity index (χ1v) is 9.10. The Balaban J connectivity index is 1.43. The van der Waals surface area contributed by atoms with Gasteiger partial charge in [-0.15, -0.1) is 0 Å². The summed E-state index contributed by atoms with van der Waals surface area (Å²) in [5, 5.41) is 0. The van der Waals surface area contributed by atoms with Crippen molar-refractivity contribution < 1.29 is 9.59 Å². The number of piperidine rings is 1. The molecule has 25 heavy (non-hydrogen) atoms. The number of amides is 2. The third kappa shape index (κ3) is 4.69. The van der Waals surface area contributed by atoms with Gasteiger partial charge in [-0.3, -0.25) is 14.5 Å². The predicted molar refractivity (Wildman–Crippen MR) is 98.9 cm³/mol. The topological polar surface area (TPSA) is 43.9 Å². The molecule has 5 heteroatoms. The number of rotatable bonds is 4. The molecule has 5 nitrogen and oxygen atoms in total. The number of benzene rings is 1. The van der Waals surface area contributed by atoms with Gasteiger partial charge < -0.3 is 9.80 Å². The Morgan fingerprint density at radius 1 is 1.12 bits per heavy atom. The van der Waals surface area contributed by atoms with Gasteiger partial charge in [-0.25, -0.2) is 0 Å². The first kappa shape index (κ1) is 17.7. The molecule has 2 saturated heterocycles. The monoisotopic (exact) mass is 341 g/mol. The number of carbonyl (C=O) groups is 2. The summed E-state index contributed by atoms with van der Waals surface area (Å²) in [6.45, 7) is 4.91. The summed E-state index contributed by atoms with van der Waals surface area (Å²) in [5.41, 5.74) is 1.21. The molecule has 134 valence electrons. The summed E-state index contributed by atoms with van der Waals surface area (Å²) >= 11 is 0. The maximum atomic E-state index is 12.6. The van der Waals surface area contributed by atoms with Crippen molar-refractivity contribution in [2.45, 2.75) is 12.8 Å². The average Bonchev–Trinajstić information content (AvgIpc) is 2.65. The van der Waals surface area contributed by atoms with Crippen LogP contribution >= 0.6 is 0 Å². The van der Waals surface area contributed by atoms with Gasteiger partial charge >= 0.3 is 0 Å². The van der Waals surface area contributed by atoms with E-state index in [-0.39, 0.29) is 17.7 Å². The highest BCUT2D eigenvalue weighted by Crippen LogP contribution is 2.20. The zero-order valence-corrected chi connectivity index (χ0v) is 14.9. The van der Waals surface area contributed by atoms with E-state index in [0.29, 0.717) is 13.0 Å². The molecular weight excluding hydrogens is 314 g/mol. The van der Waals surface area contributed by atoms with Crippen molar-refractivity contribution in [2.75, 3.05) is 46.3 Å². The van der Waals surface area contributed by atoms with Gasteiger partial charge in [0, 0.05) is 58.7 Å². The predicted octanol–water partition coefficient (Wildman–Crippen LogP) is 1.71. The number of hydrogen-bond acceptors (Lipinski definition) is 3. The molecule has 3 rings (SSSR count). The summed E-state index contributed by atoms with van der Waals surface area (Å²) in [6.07, 6.45) is 5.49. The van der Waals surface area contributed by atoms with Crippen LogP contribution in [0.5, 0.6) is 0 Å². The minimum absolute atomic E-state index is 0.0919. The van der Waals surface area contributed by atoms with Crippen molar-refractivity contribution in [3.8, 4) is 0 Å². The molecule has 0 bridgehead atoms. The molecule has 0 radical (unpaired) electrons. The number of nitrogens with zero attached hydrogens (tertiary/aromatic N) is 3. The van der Waals surface area contributed by atoms with E-state index < -0.39 is 0 Å². The average molecular weight is 341 g/mol. The number of likely N-dealkylation sites (tertiary alicyclic amines) is 1. The largest absolute Gasteiger partial charge is 0.346 e. The summed E-state index contributed by atoms with van der Waals surface area (Å²) in [4.78, 5) is 30.5. The highest BCUT2D eigenvalue weighted by molar-refractivity contribution is 5.87. The zero-order chi connectivity index (χ0) is 17.6. The molecule has 2 amide bonds. The van der Waals surface area contributed by atoms with E-state index in [4.69, 9.17) is 0 Å². The molecular formula is C20H27N3O2. The SMILES string of the molecule is CN1CC[C@H](C(=O)N2CCN(C/C=C/c3ccccc3)CC2)CC1=O. The Hall–Kier alpha value is -2.14. The Morgan fingerprint density at radius 3 is 2.52 bits per heavy atom. The summed E-state index contributed by atoms with van der Waals surface area (Å²) in [7, 11) is 1.81.